The van der Waals surface area contributed by atoms with E-state index in [1.165, 1.54) is 42.1 Å². The second-order valence-corrected chi connectivity index (χ2v) is 10.7. The van der Waals surface area contributed by atoms with Gasteiger partial charge in [0.15, 0.2) is 4.80 Å². The van der Waals surface area contributed by atoms with Crippen LogP contribution >= 0.6 is 11.3 Å². The predicted octanol–water partition coefficient (Wildman–Crippen LogP) is 3.69. The highest BCUT2D eigenvalue weighted by molar-refractivity contribution is 7.89. The van der Waals surface area contributed by atoms with Crippen LogP contribution in [0, 0.1) is 12.8 Å². The smallest absolute Gasteiger partial charge is 0.243 e. The molecule has 0 spiro atoms. The van der Waals surface area contributed by atoms with Crippen LogP contribution in [0.25, 0.3) is 0 Å². The average molecular weight is 436 g/mol. The number of aryl methyl sites for hydroxylation is 1. The van der Waals surface area contributed by atoms with E-state index in [1.807, 2.05) is 0 Å². The number of sulfonamides is 1. The van der Waals surface area contributed by atoms with E-state index in [1.54, 1.807) is 35.6 Å². The Kier molecular flexibility index (Phi) is 6.53. The number of benzene rings is 1. The Balaban J connectivity index is 1.55. The van der Waals surface area contributed by atoms with Crippen molar-refractivity contribution in [2.45, 2.75) is 50.5 Å². The zero-order valence-electron chi connectivity index (χ0n) is 16.9. The third-order valence-corrected chi connectivity index (χ3v) is 8.72. The SMILES string of the molecule is Cc1csc(=Nc2ccc(S(=O)(=O)N3CCOCC3)cc2)n1CC1CCCCC1. The van der Waals surface area contributed by atoms with Crippen molar-refractivity contribution in [2.75, 3.05) is 26.3 Å². The van der Waals surface area contributed by atoms with Crippen molar-refractivity contribution >= 4 is 27.0 Å². The molecule has 1 saturated carbocycles. The summed E-state index contributed by atoms with van der Waals surface area (Å²) in [6, 6.07) is 6.92. The summed E-state index contributed by atoms with van der Waals surface area (Å²) in [5, 5.41) is 2.15. The highest BCUT2D eigenvalue weighted by Gasteiger charge is 2.26. The van der Waals surface area contributed by atoms with E-state index < -0.39 is 10.0 Å². The lowest BCUT2D eigenvalue weighted by Crippen LogP contribution is -2.40. The van der Waals surface area contributed by atoms with Gasteiger partial charge in [0, 0.05) is 30.7 Å². The van der Waals surface area contributed by atoms with Gasteiger partial charge < -0.3 is 9.30 Å². The minimum Gasteiger partial charge on any atom is -0.379 e. The van der Waals surface area contributed by atoms with E-state index >= 15 is 0 Å². The molecule has 0 atom stereocenters. The minimum atomic E-state index is -3.47. The first-order chi connectivity index (χ1) is 14.0. The first kappa shape index (κ1) is 20.8. The number of morpholine rings is 1. The molecule has 0 bridgehead atoms. The van der Waals surface area contributed by atoms with Crippen LogP contribution in [0.5, 0.6) is 0 Å². The molecular weight excluding hydrogens is 406 g/mol. The fraction of sp³-hybridized carbons (Fsp3) is 0.571. The molecule has 2 heterocycles. The molecule has 0 N–H and O–H groups in total. The van der Waals surface area contributed by atoms with Gasteiger partial charge in [-0.2, -0.15) is 4.31 Å². The molecule has 1 saturated heterocycles. The summed E-state index contributed by atoms with van der Waals surface area (Å²) in [5.41, 5.74) is 2.02. The van der Waals surface area contributed by atoms with Gasteiger partial charge in [0.25, 0.3) is 0 Å². The van der Waals surface area contributed by atoms with Crippen LogP contribution in [0.3, 0.4) is 0 Å². The van der Waals surface area contributed by atoms with E-state index in [4.69, 9.17) is 9.73 Å². The lowest BCUT2D eigenvalue weighted by molar-refractivity contribution is 0.0730. The third kappa shape index (κ3) is 4.82. The van der Waals surface area contributed by atoms with Gasteiger partial charge >= 0.3 is 0 Å². The summed E-state index contributed by atoms with van der Waals surface area (Å²) >= 11 is 1.65. The lowest BCUT2D eigenvalue weighted by Gasteiger charge is -2.26. The summed E-state index contributed by atoms with van der Waals surface area (Å²) in [5.74, 6) is 0.733. The number of hydrogen-bond donors (Lipinski definition) is 0. The number of hydrogen-bond acceptors (Lipinski definition) is 5. The molecule has 8 heteroatoms. The number of ether oxygens (including phenoxy) is 1. The predicted molar refractivity (Wildman–Crippen MR) is 115 cm³/mol. The summed E-state index contributed by atoms with van der Waals surface area (Å²) in [6.45, 7) is 4.87. The van der Waals surface area contributed by atoms with Crippen LogP contribution in [0.4, 0.5) is 5.69 Å². The minimum absolute atomic E-state index is 0.316. The Morgan fingerprint density at radius 1 is 1.10 bits per heavy atom. The highest BCUT2D eigenvalue weighted by atomic mass is 32.2. The second kappa shape index (κ2) is 9.12. The van der Waals surface area contributed by atoms with Crippen molar-refractivity contribution in [2.24, 2.45) is 10.9 Å². The van der Waals surface area contributed by atoms with Crippen LogP contribution in [-0.4, -0.2) is 43.6 Å². The van der Waals surface area contributed by atoms with Gasteiger partial charge in [0.05, 0.1) is 23.8 Å². The van der Waals surface area contributed by atoms with E-state index in [2.05, 4.69) is 16.9 Å². The Labute approximate surface area is 176 Å². The van der Waals surface area contributed by atoms with Crippen molar-refractivity contribution in [3.63, 3.8) is 0 Å². The van der Waals surface area contributed by atoms with E-state index in [0.29, 0.717) is 31.2 Å². The quantitative estimate of drug-likeness (QED) is 0.719. The molecule has 2 aliphatic rings. The molecular formula is C21H29N3O3S2. The zero-order chi connectivity index (χ0) is 20.3. The average Bonchev–Trinajstić information content (AvgIpc) is 3.09. The van der Waals surface area contributed by atoms with Gasteiger partial charge in [-0.3, -0.25) is 0 Å². The van der Waals surface area contributed by atoms with Crippen LogP contribution in [0.2, 0.25) is 0 Å². The molecule has 1 aromatic heterocycles. The maximum Gasteiger partial charge on any atom is 0.243 e. The van der Waals surface area contributed by atoms with Crippen LogP contribution in [0.15, 0.2) is 39.5 Å². The summed E-state index contributed by atoms with van der Waals surface area (Å²) < 4.78 is 34.6. The van der Waals surface area contributed by atoms with Crippen molar-refractivity contribution in [1.82, 2.24) is 8.87 Å². The Bertz CT molecular complexity index is 981. The molecule has 6 nitrogen and oxygen atoms in total. The number of nitrogens with zero attached hydrogens (tertiary/aromatic N) is 3. The maximum absolute atomic E-state index is 12.8. The van der Waals surface area contributed by atoms with Crippen molar-refractivity contribution in [3.05, 3.63) is 40.1 Å². The van der Waals surface area contributed by atoms with Gasteiger partial charge in [0.2, 0.25) is 10.0 Å². The van der Waals surface area contributed by atoms with Crippen LogP contribution in [-0.2, 0) is 21.3 Å². The monoisotopic (exact) mass is 435 g/mol. The van der Waals surface area contributed by atoms with Gasteiger partial charge in [0.1, 0.15) is 0 Å². The fourth-order valence-corrected chi connectivity index (χ4v) is 6.41. The van der Waals surface area contributed by atoms with E-state index in [0.717, 1.165) is 23.0 Å². The number of aromatic nitrogens is 1. The van der Waals surface area contributed by atoms with E-state index in [-0.39, 0.29) is 0 Å². The van der Waals surface area contributed by atoms with Gasteiger partial charge in [-0.05, 0) is 49.9 Å². The Hall–Kier alpha value is -1.48. The van der Waals surface area contributed by atoms with Crippen molar-refractivity contribution in [1.29, 1.82) is 0 Å². The first-order valence-electron chi connectivity index (χ1n) is 10.4. The fourth-order valence-electron chi connectivity index (χ4n) is 4.09. The molecule has 1 aliphatic carbocycles. The van der Waals surface area contributed by atoms with E-state index in [9.17, 15) is 8.42 Å². The molecule has 0 radical (unpaired) electrons. The summed E-state index contributed by atoms with van der Waals surface area (Å²) in [6.07, 6.45) is 6.63. The molecule has 4 rings (SSSR count). The van der Waals surface area contributed by atoms with Crippen molar-refractivity contribution in [3.8, 4) is 0 Å². The van der Waals surface area contributed by atoms with Gasteiger partial charge in [-0.1, -0.05) is 19.3 Å². The zero-order valence-corrected chi connectivity index (χ0v) is 18.6. The topological polar surface area (TPSA) is 63.9 Å². The Morgan fingerprint density at radius 3 is 2.48 bits per heavy atom. The second-order valence-electron chi connectivity index (χ2n) is 7.90. The molecule has 0 unspecified atom stereocenters. The van der Waals surface area contributed by atoms with Crippen molar-refractivity contribution < 1.29 is 13.2 Å². The number of rotatable bonds is 5. The summed E-state index contributed by atoms with van der Waals surface area (Å²) in [7, 11) is -3.47. The molecule has 2 fully saturated rings. The van der Waals surface area contributed by atoms with Gasteiger partial charge in [-0.15, -0.1) is 11.3 Å². The largest absolute Gasteiger partial charge is 0.379 e. The molecule has 158 valence electrons. The lowest BCUT2D eigenvalue weighted by atomic mass is 9.89. The Morgan fingerprint density at radius 2 is 1.79 bits per heavy atom. The first-order valence-corrected chi connectivity index (χ1v) is 12.7. The maximum atomic E-state index is 12.8. The standard InChI is InChI=1S/C21H29N3O3S2/c1-17-16-28-21(24(17)15-18-5-3-2-4-6-18)22-19-7-9-20(10-8-19)29(25,26)23-11-13-27-14-12-23/h7-10,16,18H,2-6,11-15H2,1H3. The molecule has 29 heavy (non-hydrogen) atoms. The normalized spacial score (nSPS) is 20.2. The van der Waals surface area contributed by atoms with Crippen LogP contribution < -0.4 is 4.80 Å². The number of thiazole rings is 1. The molecule has 0 amide bonds. The van der Waals surface area contributed by atoms with Crippen LogP contribution in [0.1, 0.15) is 37.8 Å². The van der Waals surface area contributed by atoms with Gasteiger partial charge in [-0.25, -0.2) is 13.4 Å². The molecule has 1 aromatic carbocycles. The highest BCUT2D eigenvalue weighted by Crippen LogP contribution is 2.25. The molecule has 1 aliphatic heterocycles. The third-order valence-electron chi connectivity index (χ3n) is 5.83. The molecule has 2 aromatic rings. The summed E-state index contributed by atoms with van der Waals surface area (Å²) in [4.78, 5) is 6.11.